The predicted octanol–water partition coefficient (Wildman–Crippen LogP) is 4.62. The van der Waals surface area contributed by atoms with Gasteiger partial charge in [0.1, 0.15) is 6.10 Å². The number of aliphatic hydroxyl groups excluding tert-OH is 1. The normalized spacial score (nSPS) is 37.3. The summed E-state index contributed by atoms with van der Waals surface area (Å²) in [4.78, 5) is 37.0. The fraction of sp³-hybridized carbons (Fsp3) is 0.690. The highest BCUT2D eigenvalue weighted by molar-refractivity contribution is 5.72. The van der Waals surface area contributed by atoms with E-state index >= 15 is 0 Å². The Morgan fingerprint density at radius 2 is 1.86 bits per heavy atom. The quantitative estimate of drug-likeness (QED) is 0.204. The lowest BCUT2D eigenvalue weighted by Crippen LogP contribution is -2.63. The summed E-state index contributed by atoms with van der Waals surface area (Å²) in [5.41, 5.74) is -0.169. The summed E-state index contributed by atoms with van der Waals surface area (Å²) < 4.78 is 23.2. The van der Waals surface area contributed by atoms with Crippen molar-refractivity contribution in [3.63, 3.8) is 0 Å². The summed E-state index contributed by atoms with van der Waals surface area (Å²) in [6.07, 6.45) is 2.45. The molecule has 1 heterocycles. The molecule has 1 saturated heterocycles. The van der Waals surface area contributed by atoms with Crippen LogP contribution in [0.3, 0.4) is 0 Å². The molecule has 0 aromatic rings. The smallest absolute Gasteiger partial charge is 0.309 e. The molecule has 1 aliphatic heterocycles. The second kappa shape index (κ2) is 11.1. The summed E-state index contributed by atoms with van der Waals surface area (Å²) in [5.74, 6) is -1.99. The molecule has 9 atom stereocenters. The van der Waals surface area contributed by atoms with Crippen molar-refractivity contribution >= 4 is 17.9 Å². The van der Waals surface area contributed by atoms with Crippen LogP contribution in [-0.2, 0) is 33.3 Å². The van der Waals surface area contributed by atoms with E-state index in [0.29, 0.717) is 31.3 Å². The van der Waals surface area contributed by atoms with Crippen LogP contribution in [0.25, 0.3) is 0 Å². The molecular weight excluding hydrogens is 476 g/mol. The van der Waals surface area contributed by atoms with Crippen molar-refractivity contribution in [2.45, 2.75) is 98.4 Å². The van der Waals surface area contributed by atoms with Gasteiger partial charge in [-0.25, -0.2) is 0 Å². The van der Waals surface area contributed by atoms with Crippen molar-refractivity contribution in [3.05, 3.63) is 36.5 Å². The molecule has 1 saturated carbocycles. The predicted molar refractivity (Wildman–Crippen MR) is 137 cm³/mol. The second-order valence-electron chi connectivity index (χ2n) is 11.2. The minimum absolute atomic E-state index is 0.0757. The standard InChI is InChI=1S/C29H42O8/c1-9-16(3)11-12-28(8)18(5)13-24(32)29-22(26(34-19(6)30)37-27(29)35-20(7)31)14-21(15-23(28)29)36-25(33)17(4)10-2/h9,14,17-18,21,23-24,26-27,32H,1,3,10-13,15H2,2,4-8H3/t17-,18-,21-,23+,24+,26+,27-,28-,29-/m0/s1. The molecule has 2 aliphatic carbocycles. The van der Waals surface area contributed by atoms with Gasteiger partial charge in [0, 0.05) is 19.4 Å². The van der Waals surface area contributed by atoms with Crippen molar-refractivity contribution in [1.29, 1.82) is 0 Å². The number of ether oxygens (including phenoxy) is 4. The van der Waals surface area contributed by atoms with E-state index in [0.717, 1.165) is 12.0 Å². The van der Waals surface area contributed by atoms with E-state index in [-0.39, 0.29) is 23.7 Å². The van der Waals surface area contributed by atoms with Crippen molar-refractivity contribution in [1.82, 2.24) is 0 Å². The summed E-state index contributed by atoms with van der Waals surface area (Å²) in [6, 6.07) is 0. The van der Waals surface area contributed by atoms with Crippen molar-refractivity contribution in [3.8, 4) is 0 Å². The van der Waals surface area contributed by atoms with E-state index in [2.05, 4.69) is 27.0 Å². The Hall–Kier alpha value is -2.45. The molecule has 0 amide bonds. The summed E-state index contributed by atoms with van der Waals surface area (Å²) >= 11 is 0. The third kappa shape index (κ3) is 5.28. The van der Waals surface area contributed by atoms with E-state index in [1.807, 2.05) is 13.8 Å². The molecule has 0 bridgehead atoms. The van der Waals surface area contributed by atoms with Crippen LogP contribution in [0.1, 0.15) is 73.6 Å². The largest absolute Gasteiger partial charge is 0.458 e. The van der Waals surface area contributed by atoms with Gasteiger partial charge >= 0.3 is 17.9 Å². The van der Waals surface area contributed by atoms with Crippen LogP contribution >= 0.6 is 0 Å². The average molecular weight is 519 g/mol. The number of aliphatic hydroxyl groups is 1. The van der Waals surface area contributed by atoms with Crippen molar-refractivity contribution in [2.24, 2.45) is 28.6 Å². The Balaban J connectivity index is 2.19. The molecule has 206 valence electrons. The first-order valence-corrected chi connectivity index (χ1v) is 13.2. The van der Waals surface area contributed by atoms with Gasteiger partial charge in [-0.2, -0.15) is 0 Å². The number of hydrogen-bond donors (Lipinski definition) is 1. The molecule has 0 aromatic heterocycles. The topological polar surface area (TPSA) is 108 Å². The molecule has 0 unspecified atom stereocenters. The number of allylic oxidation sites excluding steroid dienone is 2. The van der Waals surface area contributed by atoms with Gasteiger partial charge in [0.25, 0.3) is 0 Å². The monoisotopic (exact) mass is 518 g/mol. The van der Waals surface area contributed by atoms with Gasteiger partial charge in [-0.3, -0.25) is 19.1 Å². The maximum Gasteiger partial charge on any atom is 0.309 e. The van der Waals surface area contributed by atoms with Gasteiger partial charge in [0.05, 0.1) is 17.4 Å². The molecule has 1 N–H and O–H groups in total. The summed E-state index contributed by atoms with van der Waals surface area (Å²) in [7, 11) is 0. The molecule has 8 nitrogen and oxygen atoms in total. The van der Waals surface area contributed by atoms with E-state index in [1.165, 1.54) is 13.8 Å². The molecule has 3 rings (SSSR count). The van der Waals surface area contributed by atoms with Crippen LogP contribution in [0, 0.1) is 28.6 Å². The lowest BCUT2D eigenvalue weighted by Gasteiger charge is -2.60. The minimum atomic E-state index is -1.18. The number of hydrogen-bond acceptors (Lipinski definition) is 8. The lowest BCUT2D eigenvalue weighted by molar-refractivity contribution is -0.254. The minimum Gasteiger partial charge on any atom is -0.458 e. The zero-order valence-corrected chi connectivity index (χ0v) is 23.0. The van der Waals surface area contributed by atoms with Crippen molar-refractivity contribution in [2.75, 3.05) is 0 Å². The fourth-order valence-corrected chi connectivity index (χ4v) is 6.45. The van der Waals surface area contributed by atoms with Gasteiger partial charge in [-0.15, -0.1) is 0 Å². The Morgan fingerprint density at radius 1 is 1.22 bits per heavy atom. The fourth-order valence-electron chi connectivity index (χ4n) is 6.45. The van der Waals surface area contributed by atoms with E-state index in [4.69, 9.17) is 18.9 Å². The number of carbonyl (C=O) groups excluding carboxylic acids is 3. The molecular formula is C29H42O8. The summed E-state index contributed by atoms with van der Waals surface area (Å²) in [5, 5.41) is 11.7. The van der Waals surface area contributed by atoms with Crippen LogP contribution in [0.15, 0.2) is 36.5 Å². The third-order valence-electron chi connectivity index (χ3n) is 8.95. The van der Waals surface area contributed by atoms with Crippen LogP contribution < -0.4 is 0 Å². The number of carbonyl (C=O) groups is 3. The highest BCUT2D eigenvalue weighted by Gasteiger charge is 2.71. The van der Waals surface area contributed by atoms with Gasteiger partial charge in [0.2, 0.25) is 12.6 Å². The van der Waals surface area contributed by atoms with Crippen LogP contribution in [0.5, 0.6) is 0 Å². The van der Waals surface area contributed by atoms with Gasteiger partial charge in [0.15, 0.2) is 0 Å². The van der Waals surface area contributed by atoms with Crippen LogP contribution in [0.2, 0.25) is 0 Å². The van der Waals surface area contributed by atoms with E-state index < -0.39 is 47.6 Å². The van der Waals surface area contributed by atoms with Gasteiger partial charge < -0.3 is 19.3 Å². The first-order valence-electron chi connectivity index (χ1n) is 13.2. The molecule has 37 heavy (non-hydrogen) atoms. The van der Waals surface area contributed by atoms with Crippen LogP contribution in [-0.4, -0.2) is 47.8 Å². The SMILES string of the molecule is C=CC(=C)CC[C@]1(C)[C@H]2C[C@@H](OC(=O)[C@@H](C)CC)C=C3[C@H](OC(C)=O)O[C@H](OC(C)=O)[C@@]32[C@H](O)C[C@@H]1C. The van der Waals surface area contributed by atoms with E-state index in [1.54, 1.807) is 12.2 Å². The number of rotatable bonds is 9. The molecule has 1 spiro atoms. The Kier molecular flexibility index (Phi) is 8.75. The third-order valence-corrected chi connectivity index (χ3v) is 8.95. The zero-order valence-electron chi connectivity index (χ0n) is 23.0. The molecule has 3 aliphatic rings. The zero-order chi connectivity index (χ0) is 27.7. The maximum atomic E-state index is 12.8. The second-order valence-corrected chi connectivity index (χ2v) is 11.2. The van der Waals surface area contributed by atoms with Crippen molar-refractivity contribution < 1.29 is 38.4 Å². The Bertz CT molecular complexity index is 969. The Morgan fingerprint density at radius 3 is 2.43 bits per heavy atom. The average Bonchev–Trinajstić information content (AvgIpc) is 3.12. The highest BCUT2D eigenvalue weighted by atomic mass is 16.8. The molecule has 0 aromatic carbocycles. The first-order chi connectivity index (χ1) is 17.3. The summed E-state index contributed by atoms with van der Waals surface area (Å²) in [6.45, 7) is 18.5. The lowest BCUT2D eigenvalue weighted by atomic mass is 9.45. The van der Waals surface area contributed by atoms with Gasteiger partial charge in [-0.05, 0) is 55.4 Å². The molecule has 0 radical (unpaired) electrons. The van der Waals surface area contributed by atoms with Gasteiger partial charge in [-0.1, -0.05) is 52.5 Å². The first kappa shape index (κ1) is 29.1. The highest BCUT2D eigenvalue weighted by Crippen LogP contribution is 2.67. The number of esters is 3. The molecule has 2 fully saturated rings. The maximum absolute atomic E-state index is 12.8. The van der Waals surface area contributed by atoms with E-state index in [9.17, 15) is 19.5 Å². The molecule has 8 heteroatoms. The van der Waals surface area contributed by atoms with Crippen LogP contribution in [0.4, 0.5) is 0 Å². The Labute approximate surface area is 220 Å².